The van der Waals surface area contributed by atoms with Crippen LogP contribution < -0.4 is 10.6 Å². The van der Waals surface area contributed by atoms with E-state index in [1.807, 2.05) is 42.7 Å². The normalized spacial score (nSPS) is 17.0. The van der Waals surface area contributed by atoms with Crippen LogP contribution in [0.15, 0.2) is 42.5 Å². The van der Waals surface area contributed by atoms with Crippen molar-refractivity contribution in [2.45, 2.75) is 12.5 Å². The van der Waals surface area contributed by atoms with Gasteiger partial charge in [-0.15, -0.1) is 0 Å². The van der Waals surface area contributed by atoms with E-state index in [1.165, 1.54) is 0 Å². The molecule has 1 saturated heterocycles. The molecule has 1 aliphatic heterocycles. The molecule has 4 amide bonds. The van der Waals surface area contributed by atoms with Crippen molar-refractivity contribution in [2.75, 3.05) is 23.9 Å². The van der Waals surface area contributed by atoms with E-state index in [0.29, 0.717) is 12.1 Å². The van der Waals surface area contributed by atoms with Crippen LogP contribution in [0.25, 0.3) is 10.8 Å². The van der Waals surface area contributed by atoms with Crippen LogP contribution in [-0.2, 0) is 9.59 Å². The Morgan fingerprint density at radius 1 is 1.20 bits per heavy atom. The van der Waals surface area contributed by atoms with Crippen LogP contribution in [0.2, 0.25) is 0 Å². The summed E-state index contributed by atoms with van der Waals surface area (Å²) < 4.78 is 0. The SMILES string of the molecule is CSCC[C@@H]1NC(=O)N(CC(=O)Nc2cccc3ccccc23)C1=O. The highest BCUT2D eigenvalue weighted by atomic mass is 32.2. The molecule has 0 spiro atoms. The van der Waals surface area contributed by atoms with Gasteiger partial charge in [-0.3, -0.25) is 14.5 Å². The monoisotopic (exact) mass is 357 g/mol. The lowest BCUT2D eigenvalue weighted by Crippen LogP contribution is -2.38. The number of rotatable bonds is 6. The van der Waals surface area contributed by atoms with E-state index in [0.717, 1.165) is 21.4 Å². The van der Waals surface area contributed by atoms with Gasteiger partial charge >= 0.3 is 6.03 Å². The van der Waals surface area contributed by atoms with E-state index in [9.17, 15) is 14.4 Å². The van der Waals surface area contributed by atoms with Crippen molar-refractivity contribution in [1.29, 1.82) is 0 Å². The molecule has 6 nitrogen and oxygen atoms in total. The minimum absolute atomic E-state index is 0.288. The van der Waals surface area contributed by atoms with Gasteiger partial charge in [0.15, 0.2) is 0 Å². The van der Waals surface area contributed by atoms with Gasteiger partial charge in [0.2, 0.25) is 5.91 Å². The molecule has 2 N–H and O–H groups in total. The third-order valence-corrected chi connectivity index (χ3v) is 4.73. The van der Waals surface area contributed by atoms with E-state index in [2.05, 4.69) is 10.6 Å². The number of hydrogen-bond acceptors (Lipinski definition) is 4. The quantitative estimate of drug-likeness (QED) is 0.779. The zero-order valence-electron chi connectivity index (χ0n) is 13.8. The molecule has 130 valence electrons. The molecule has 0 saturated carbocycles. The fourth-order valence-corrected chi connectivity index (χ4v) is 3.30. The number of nitrogens with one attached hydrogen (secondary N) is 2. The molecule has 2 aromatic rings. The maximum absolute atomic E-state index is 12.3. The summed E-state index contributed by atoms with van der Waals surface area (Å²) in [5.41, 5.74) is 0.661. The number of anilines is 1. The third kappa shape index (κ3) is 3.76. The summed E-state index contributed by atoms with van der Waals surface area (Å²) in [6, 6.07) is 12.3. The highest BCUT2D eigenvalue weighted by Gasteiger charge is 2.38. The second kappa shape index (κ2) is 7.57. The van der Waals surface area contributed by atoms with E-state index in [-0.39, 0.29) is 12.5 Å². The average Bonchev–Trinajstić information content (AvgIpc) is 2.88. The summed E-state index contributed by atoms with van der Waals surface area (Å²) >= 11 is 1.61. The van der Waals surface area contributed by atoms with Gasteiger partial charge in [0, 0.05) is 11.1 Å². The summed E-state index contributed by atoms with van der Waals surface area (Å²) in [7, 11) is 0. The smallest absolute Gasteiger partial charge is 0.325 e. The third-order valence-electron chi connectivity index (χ3n) is 4.08. The van der Waals surface area contributed by atoms with Gasteiger partial charge < -0.3 is 10.6 Å². The van der Waals surface area contributed by atoms with Crippen LogP contribution >= 0.6 is 11.8 Å². The predicted octanol–water partition coefficient (Wildman–Crippen LogP) is 2.45. The fraction of sp³-hybridized carbons (Fsp3) is 0.278. The van der Waals surface area contributed by atoms with E-state index in [1.54, 1.807) is 17.8 Å². The first-order valence-corrected chi connectivity index (χ1v) is 9.38. The molecule has 0 aromatic heterocycles. The summed E-state index contributed by atoms with van der Waals surface area (Å²) in [6.45, 7) is -0.288. The lowest BCUT2D eigenvalue weighted by atomic mass is 10.1. The van der Waals surface area contributed by atoms with E-state index in [4.69, 9.17) is 0 Å². The Morgan fingerprint density at radius 2 is 1.96 bits per heavy atom. The summed E-state index contributed by atoms with van der Waals surface area (Å²) in [5, 5.41) is 7.34. The Hall–Kier alpha value is -2.54. The van der Waals surface area contributed by atoms with Crippen LogP contribution in [-0.4, -0.2) is 47.3 Å². The molecule has 1 heterocycles. The lowest BCUT2D eigenvalue weighted by Gasteiger charge is -2.14. The van der Waals surface area contributed by atoms with Gasteiger partial charge in [-0.05, 0) is 29.9 Å². The summed E-state index contributed by atoms with van der Waals surface area (Å²) in [6.07, 6.45) is 2.50. The topological polar surface area (TPSA) is 78.5 Å². The number of fused-ring (bicyclic) bond motifs is 1. The van der Waals surface area contributed by atoms with Crippen LogP contribution in [0, 0.1) is 0 Å². The Labute approximate surface area is 149 Å². The van der Waals surface area contributed by atoms with E-state index < -0.39 is 18.0 Å². The van der Waals surface area contributed by atoms with Crippen molar-refractivity contribution in [3.8, 4) is 0 Å². The summed E-state index contributed by atoms with van der Waals surface area (Å²) in [4.78, 5) is 37.6. The number of nitrogens with zero attached hydrogens (tertiary/aromatic N) is 1. The zero-order chi connectivity index (χ0) is 17.8. The van der Waals surface area contributed by atoms with Gasteiger partial charge in [0.05, 0.1) is 0 Å². The van der Waals surface area contributed by atoms with Crippen molar-refractivity contribution in [1.82, 2.24) is 10.2 Å². The van der Waals surface area contributed by atoms with Crippen molar-refractivity contribution in [3.63, 3.8) is 0 Å². The first-order valence-electron chi connectivity index (χ1n) is 7.98. The van der Waals surface area contributed by atoms with Crippen molar-refractivity contribution in [3.05, 3.63) is 42.5 Å². The largest absolute Gasteiger partial charge is 0.326 e. The molecular formula is C18H19N3O3S. The minimum Gasteiger partial charge on any atom is -0.326 e. The molecule has 1 atom stereocenters. The number of amides is 4. The zero-order valence-corrected chi connectivity index (χ0v) is 14.6. The lowest BCUT2D eigenvalue weighted by molar-refractivity contribution is -0.130. The molecule has 0 unspecified atom stereocenters. The number of imide groups is 1. The van der Waals surface area contributed by atoms with Crippen LogP contribution in [0.5, 0.6) is 0 Å². The molecule has 1 fully saturated rings. The number of thioether (sulfide) groups is 1. The van der Waals surface area contributed by atoms with Gasteiger partial charge in [-0.25, -0.2) is 4.79 Å². The predicted molar refractivity (Wildman–Crippen MR) is 99.6 cm³/mol. The molecule has 3 rings (SSSR count). The summed E-state index contributed by atoms with van der Waals surface area (Å²) in [5.74, 6) is 0.0321. The van der Waals surface area contributed by atoms with Gasteiger partial charge in [0.1, 0.15) is 12.6 Å². The molecule has 0 radical (unpaired) electrons. The van der Waals surface area contributed by atoms with Gasteiger partial charge in [-0.2, -0.15) is 11.8 Å². The second-order valence-electron chi connectivity index (χ2n) is 5.78. The maximum atomic E-state index is 12.3. The van der Waals surface area contributed by atoms with Crippen molar-refractivity contribution in [2.24, 2.45) is 0 Å². The number of benzene rings is 2. The first-order chi connectivity index (χ1) is 12.1. The Kier molecular flexibility index (Phi) is 5.23. The number of carbonyl (C=O) groups excluding carboxylic acids is 3. The first kappa shape index (κ1) is 17.3. The molecule has 0 aliphatic carbocycles. The van der Waals surface area contributed by atoms with Gasteiger partial charge in [-0.1, -0.05) is 36.4 Å². The molecular weight excluding hydrogens is 338 g/mol. The number of carbonyl (C=O) groups is 3. The molecule has 0 bridgehead atoms. The maximum Gasteiger partial charge on any atom is 0.325 e. The number of hydrogen-bond donors (Lipinski definition) is 2. The van der Waals surface area contributed by atoms with Crippen LogP contribution in [0.4, 0.5) is 10.5 Å². The molecule has 1 aliphatic rings. The van der Waals surface area contributed by atoms with Crippen molar-refractivity contribution < 1.29 is 14.4 Å². The van der Waals surface area contributed by atoms with Gasteiger partial charge in [0.25, 0.3) is 5.91 Å². The molecule has 7 heteroatoms. The van der Waals surface area contributed by atoms with E-state index >= 15 is 0 Å². The molecule has 25 heavy (non-hydrogen) atoms. The van der Waals surface area contributed by atoms with Crippen LogP contribution in [0.3, 0.4) is 0 Å². The Bertz CT molecular complexity index is 819. The Balaban J connectivity index is 1.68. The highest BCUT2D eigenvalue weighted by Crippen LogP contribution is 2.23. The van der Waals surface area contributed by atoms with Crippen molar-refractivity contribution >= 4 is 46.1 Å². The standard InChI is InChI=1S/C18H19N3O3S/c1-25-10-9-15-17(23)21(18(24)20-15)11-16(22)19-14-8-4-6-12-5-2-3-7-13(12)14/h2-8,15H,9-11H2,1H3,(H,19,22)(H,20,24)/t15-/m0/s1. The second-order valence-corrected chi connectivity index (χ2v) is 6.77. The Morgan fingerprint density at radius 3 is 2.76 bits per heavy atom. The minimum atomic E-state index is -0.537. The average molecular weight is 357 g/mol. The highest BCUT2D eigenvalue weighted by molar-refractivity contribution is 7.98. The molecule has 2 aromatic carbocycles. The number of urea groups is 1. The van der Waals surface area contributed by atoms with Crippen LogP contribution in [0.1, 0.15) is 6.42 Å². The fourth-order valence-electron chi connectivity index (χ4n) is 2.83.